The molecule has 0 saturated heterocycles. The lowest BCUT2D eigenvalue weighted by Gasteiger charge is -2.14. The molecule has 0 atom stereocenters. The lowest BCUT2D eigenvalue weighted by molar-refractivity contribution is 0.501. The molecule has 0 heterocycles. The summed E-state index contributed by atoms with van der Waals surface area (Å²) in [5, 5.41) is 0. The number of rotatable bonds is 5. The Morgan fingerprint density at radius 2 is 1.28 bits per heavy atom. The van der Waals surface area contributed by atoms with Crippen LogP contribution in [0.5, 0.6) is 11.5 Å². The molecule has 90 valence electrons. The third-order valence-corrected chi connectivity index (χ3v) is 3.25. The molecule has 18 heavy (non-hydrogen) atoms. The van der Waals surface area contributed by atoms with Gasteiger partial charge in [0.25, 0.3) is 0 Å². The van der Waals surface area contributed by atoms with Crippen molar-refractivity contribution in [1.29, 1.82) is 0 Å². The zero-order valence-corrected chi connectivity index (χ0v) is 10.7. The first-order valence-electron chi connectivity index (χ1n) is 5.50. The molecular weight excluding hydrogens is 243 g/mol. The van der Waals surface area contributed by atoms with Gasteiger partial charge in [-0.1, -0.05) is 43.0 Å². The van der Waals surface area contributed by atoms with E-state index in [4.69, 9.17) is 9.05 Å². The van der Waals surface area contributed by atoms with E-state index in [0.717, 1.165) is 11.5 Å². The van der Waals surface area contributed by atoms with E-state index in [-0.39, 0.29) is 0 Å². The van der Waals surface area contributed by atoms with Crippen LogP contribution < -0.4 is 9.05 Å². The van der Waals surface area contributed by atoms with E-state index in [2.05, 4.69) is 12.3 Å². The molecule has 0 N–H and O–H groups in total. The molecule has 0 radical (unpaired) electrons. The van der Waals surface area contributed by atoms with Crippen LogP contribution >= 0.6 is 8.38 Å². The first kappa shape index (κ1) is 12.4. The second kappa shape index (κ2) is 6.66. The van der Waals surface area contributed by atoms with Crippen LogP contribution in [-0.2, 0) is 0 Å². The molecule has 0 bridgehead atoms. The maximum absolute atomic E-state index is 5.74. The van der Waals surface area contributed by atoms with E-state index in [1.165, 1.54) is 0 Å². The Morgan fingerprint density at radius 1 is 0.833 bits per heavy atom. The lowest BCUT2D eigenvalue weighted by atomic mass is 10.3. The van der Waals surface area contributed by atoms with E-state index in [1.807, 2.05) is 60.7 Å². The van der Waals surface area contributed by atoms with Gasteiger partial charge in [0.1, 0.15) is 11.5 Å². The maximum Gasteiger partial charge on any atom is 0.326 e. The molecule has 0 unspecified atom stereocenters. The number of hydrogen-bond donors (Lipinski definition) is 0. The van der Waals surface area contributed by atoms with Crippen LogP contribution in [0.4, 0.5) is 0 Å². The second-order valence-corrected chi connectivity index (χ2v) is 4.62. The third-order valence-electron chi connectivity index (χ3n) is 2.07. The van der Waals surface area contributed by atoms with Gasteiger partial charge < -0.3 is 9.05 Å². The van der Waals surface area contributed by atoms with Crippen molar-refractivity contribution in [2.24, 2.45) is 0 Å². The number of benzene rings is 2. The summed E-state index contributed by atoms with van der Waals surface area (Å²) in [6.45, 7) is 3.56. The Labute approximate surface area is 108 Å². The van der Waals surface area contributed by atoms with Gasteiger partial charge in [0.05, 0.1) is 5.82 Å². The molecule has 0 amide bonds. The Bertz CT molecular complexity index is 477. The Hall–Kier alpha value is -2.01. The van der Waals surface area contributed by atoms with Crippen LogP contribution in [0.3, 0.4) is 0 Å². The van der Waals surface area contributed by atoms with Gasteiger partial charge >= 0.3 is 8.38 Å². The van der Waals surface area contributed by atoms with Crippen LogP contribution in [0.15, 0.2) is 78.8 Å². The molecule has 3 heteroatoms. The van der Waals surface area contributed by atoms with Crippen molar-refractivity contribution < 1.29 is 9.05 Å². The van der Waals surface area contributed by atoms with Crippen LogP contribution in [0.2, 0.25) is 0 Å². The van der Waals surface area contributed by atoms with E-state index in [0.29, 0.717) is 0 Å². The first-order valence-corrected chi connectivity index (χ1v) is 6.74. The van der Waals surface area contributed by atoms with E-state index in [9.17, 15) is 0 Å². The second-order valence-electron chi connectivity index (χ2n) is 3.43. The zero-order valence-electron chi connectivity index (χ0n) is 9.82. The maximum atomic E-state index is 5.74. The molecule has 2 rings (SSSR count). The Morgan fingerprint density at radius 3 is 1.67 bits per heavy atom. The minimum atomic E-state index is -1.21. The van der Waals surface area contributed by atoms with Gasteiger partial charge in [-0.25, -0.2) is 0 Å². The van der Waals surface area contributed by atoms with Gasteiger partial charge in [-0.15, -0.1) is 5.73 Å². The van der Waals surface area contributed by atoms with Crippen LogP contribution in [0.1, 0.15) is 0 Å². The summed E-state index contributed by atoms with van der Waals surface area (Å²) in [4.78, 5) is 0. The standard InChI is InChI=1S/C15H13O2P/c1-2-13-18(16-14-9-5-3-6-10-14)17-15-11-7-4-8-12-15/h3-13H,1H2. The van der Waals surface area contributed by atoms with Gasteiger partial charge in [-0.3, -0.25) is 0 Å². The number of para-hydroxylation sites is 2. The molecule has 0 aliphatic carbocycles. The molecule has 0 fully saturated rings. The normalized spacial score (nSPS) is 9.61. The van der Waals surface area contributed by atoms with Crippen LogP contribution in [-0.4, -0.2) is 0 Å². The van der Waals surface area contributed by atoms with Gasteiger partial charge in [0, 0.05) is 0 Å². The summed E-state index contributed by atoms with van der Waals surface area (Å²) in [6, 6.07) is 19.1. The van der Waals surface area contributed by atoms with E-state index in [1.54, 1.807) is 5.82 Å². The smallest absolute Gasteiger partial charge is 0.326 e. The molecule has 0 saturated carbocycles. The fraction of sp³-hybridized carbons (Fsp3) is 0. The Kier molecular flexibility index (Phi) is 4.60. The molecule has 2 aromatic carbocycles. The summed E-state index contributed by atoms with van der Waals surface area (Å²) < 4.78 is 11.5. The summed E-state index contributed by atoms with van der Waals surface area (Å²) >= 11 is 0. The summed E-state index contributed by atoms with van der Waals surface area (Å²) in [5.41, 5.74) is 2.71. The van der Waals surface area contributed by atoms with Crippen molar-refractivity contribution in [1.82, 2.24) is 0 Å². The molecule has 0 aliphatic rings. The minimum absolute atomic E-state index is 0.769. The largest absolute Gasteiger partial charge is 0.435 e. The van der Waals surface area contributed by atoms with Crippen LogP contribution in [0, 0.1) is 0 Å². The third kappa shape index (κ3) is 3.78. The van der Waals surface area contributed by atoms with Crippen molar-refractivity contribution in [2.45, 2.75) is 0 Å². The average Bonchev–Trinajstić information content (AvgIpc) is 2.41. The SMILES string of the molecule is C=C=CP(Oc1ccccc1)Oc1ccccc1. The lowest BCUT2D eigenvalue weighted by Crippen LogP contribution is -1.92. The summed E-state index contributed by atoms with van der Waals surface area (Å²) in [6.07, 6.45) is 0. The Balaban J connectivity index is 2.07. The summed E-state index contributed by atoms with van der Waals surface area (Å²) in [7, 11) is -1.21. The first-order chi connectivity index (χ1) is 8.88. The van der Waals surface area contributed by atoms with Gasteiger partial charge in [-0.05, 0) is 24.3 Å². The predicted octanol–water partition coefficient (Wildman–Crippen LogP) is 4.75. The fourth-order valence-corrected chi connectivity index (χ4v) is 2.27. The molecule has 2 aromatic rings. The monoisotopic (exact) mass is 256 g/mol. The highest BCUT2D eigenvalue weighted by Crippen LogP contribution is 2.41. The van der Waals surface area contributed by atoms with Gasteiger partial charge in [-0.2, -0.15) is 0 Å². The van der Waals surface area contributed by atoms with Crippen molar-refractivity contribution >= 4 is 8.38 Å². The van der Waals surface area contributed by atoms with Crippen molar-refractivity contribution in [2.75, 3.05) is 0 Å². The van der Waals surface area contributed by atoms with Crippen molar-refractivity contribution in [3.63, 3.8) is 0 Å². The van der Waals surface area contributed by atoms with Crippen LogP contribution in [0.25, 0.3) is 0 Å². The van der Waals surface area contributed by atoms with Crippen molar-refractivity contribution in [3.8, 4) is 11.5 Å². The fourth-order valence-electron chi connectivity index (χ4n) is 1.32. The highest BCUT2D eigenvalue weighted by atomic mass is 31.2. The predicted molar refractivity (Wildman–Crippen MR) is 74.8 cm³/mol. The van der Waals surface area contributed by atoms with Gasteiger partial charge in [0.2, 0.25) is 0 Å². The molecule has 0 aromatic heterocycles. The molecule has 2 nitrogen and oxygen atoms in total. The molecule has 0 aliphatic heterocycles. The molecular formula is C15H13O2P. The van der Waals surface area contributed by atoms with Crippen molar-refractivity contribution in [3.05, 3.63) is 78.8 Å². The average molecular weight is 256 g/mol. The summed E-state index contributed by atoms with van der Waals surface area (Å²) in [5.74, 6) is 3.24. The highest BCUT2D eigenvalue weighted by Gasteiger charge is 2.10. The van der Waals surface area contributed by atoms with E-state index >= 15 is 0 Å². The highest BCUT2D eigenvalue weighted by molar-refractivity contribution is 7.51. The van der Waals surface area contributed by atoms with E-state index < -0.39 is 8.38 Å². The zero-order chi connectivity index (χ0) is 12.6. The topological polar surface area (TPSA) is 18.5 Å². The number of hydrogen-bond acceptors (Lipinski definition) is 2. The molecule has 0 spiro atoms. The minimum Gasteiger partial charge on any atom is -0.435 e. The van der Waals surface area contributed by atoms with Gasteiger partial charge in [0.15, 0.2) is 0 Å². The quantitative estimate of drug-likeness (QED) is 0.567.